The van der Waals surface area contributed by atoms with Gasteiger partial charge in [-0.2, -0.15) is 5.26 Å². The van der Waals surface area contributed by atoms with Gasteiger partial charge >= 0.3 is 0 Å². The molecule has 3 nitrogen and oxygen atoms in total. The third-order valence-corrected chi connectivity index (χ3v) is 2.93. The van der Waals surface area contributed by atoms with Crippen LogP contribution in [-0.2, 0) is 4.74 Å². The van der Waals surface area contributed by atoms with E-state index in [4.69, 9.17) is 15.7 Å². The summed E-state index contributed by atoms with van der Waals surface area (Å²) in [6, 6.07) is 2.12. The van der Waals surface area contributed by atoms with Crippen LogP contribution in [0.1, 0.15) is 32.1 Å². The quantitative estimate of drug-likeness (QED) is 0.718. The fourth-order valence-corrected chi connectivity index (χ4v) is 2.16. The zero-order valence-electron chi connectivity index (χ0n) is 8.20. The van der Waals surface area contributed by atoms with E-state index in [1.807, 2.05) is 0 Å². The molecule has 1 aliphatic rings. The molecule has 0 aromatic rings. The fraction of sp³-hybridized carbons (Fsp3) is 0.900. The van der Waals surface area contributed by atoms with Gasteiger partial charge in [0.2, 0.25) is 0 Å². The molecule has 0 bridgehead atoms. The van der Waals surface area contributed by atoms with E-state index in [-0.39, 0.29) is 12.1 Å². The van der Waals surface area contributed by atoms with Crippen molar-refractivity contribution in [3.63, 3.8) is 0 Å². The molecule has 1 saturated carbocycles. The van der Waals surface area contributed by atoms with Gasteiger partial charge in [0.05, 0.1) is 18.6 Å². The maximum absolute atomic E-state index is 8.56. The third kappa shape index (κ3) is 2.68. The van der Waals surface area contributed by atoms with Crippen LogP contribution < -0.4 is 5.73 Å². The molecular weight excluding hydrogens is 164 g/mol. The molecule has 3 atom stereocenters. The van der Waals surface area contributed by atoms with E-state index < -0.39 is 0 Å². The SMILES string of the molecule is COC1CCCCC1C(N)CC#N. The van der Waals surface area contributed by atoms with Crippen LogP contribution in [0.5, 0.6) is 0 Å². The molecular formula is C10H18N2O. The summed E-state index contributed by atoms with van der Waals surface area (Å²) in [5.74, 6) is 0.387. The fourth-order valence-electron chi connectivity index (χ4n) is 2.16. The van der Waals surface area contributed by atoms with E-state index in [1.165, 1.54) is 12.8 Å². The molecule has 0 saturated heterocycles. The zero-order chi connectivity index (χ0) is 9.68. The number of hydrogen-bond acceptors (Lipinski definition) is 3. The maximum atomic E-state index is 8.56. The van der Waals surface area contributed by atoms with Crippen molar-refractivity contribution in [2.75, 3.05) is 7.11 Å². The van der Waals surface area contributed by atoms with Crippen LogP contribution in [0.3, 0.4) is 0 Å². The van der Waals surface area contributed by atoms with Crippen molar-refractivity contribution < 1.29 is 4.74 Å². The number of nitrogens with zero attached hydrogens (tertiary/aromatic N) is 1. The summed E-state index contributed by atoms with van der Waals surface area (Å²) in [4.78, 5) is 0. The minimum atomic E-state index is -0.00440. The molecule has 1 rings (SSSR count). The predicted molar refractivity (Wildman–Crippen MR) is 51.0 cm³/mol. The van der Waals surface area contributed by atoms with Gasteiger partial charge in [-0.05, 0) is 12.8 Å². The van der Waals surface area contributed by atoms with Gasteiger partial charge in [-0.1, -0.05) is 12.8 Å². The highest BCUT2D eigenvalue weighted by atomic mass is 16.5. The van der Waals surface area contributed by atoms with Crippen molar-refractivity contribution in [1.82, 2.24) is 0 Å². The Morgan fingerprint density at radius 2 is 2.23 bits per heavy atom. The molecule has 1 aliphatic carbocycles. The summed E-state index contributed by atoms with van der Waals surface area (Å²) < 4.78 is 5.38. The van der Waals surface area contributed by atoms with Crippen molar-refractivity contribution in [3.8, 4) is 6.07 Å². The summed E-state index contributed by atoms with van der Waals surface area (Å²) in [6.45, 7) is 0. The van der Waals surface area contributed by atoms with Gasteiger partial charge in [-0.15, -0.1) is 0 Å². The predicted octanol–water partition coefficient (Wildman–Crippen LogP) is 1.43. The van der Waals surface area contributed by atoms with Crippen LogP contribution in [0.25, 0.3) is 0 Å². The second kappa shape index (κ2) is 5.21. The molecule has 0 aliphatic heterocycles. The Kier molecular flexibility index (Phi) is 4.20. The highest BCUT2D eigenvalue weighted by molar-refractivity contribution is 4.89. The van der Waals surface area contributed by atoms with Crippen LogP contribution >= 0.6 is 0 Å². The molecule has 0 spiro atoms. The van der Waals surface area contributed by atoms with Crippen LogP contribution in [0.4, 0.5) is 0 Å². The Bertz CT molecular complexity index is 188. The lowest BCUT2D eigenvalue weighted by Gasteiger charge is -2.33. The van der Waals surface area contributed by atoms with E-state index in [0.717, 1.165) is 12.8 Å². The number of nitrogens with two attached hydrogens (primary N) is 1. The Balaban J connectivity index is 2.49. The van der Waals surface area contributed by atoms with Crippen LogP contribution in [0.2, 0.25) is 0 Å². The minimum absolute atomic E-state index is 0.00440. The lowest BCUT2D eigenvalue weighted by atomic mass is 9.81. The van der Waals surface area contributed by atoms with Gasteiger partial charge in [-0.25, -0.2) is 0 Å². The first-order valence-electron chi connectivity index (χ1n) is 4.95. The molecule has 1 fully saturated rings. The van der Waals surface area contributed by atoms with Gasteiger partial charge in [0.15, 0.2) is 0 Å². The van der Waals surface area contributed by atoms with E-state index >= 15 is 0 Å². The van der Waals surface area contributed by atoms with Gasteiger partial charge in [0.25, 0.3) is 0 Å². The normalized spacial score (nSPS) is 30.8. The Morgan fingerprint density at radius 3 is 2.85 bits per heavy atom. The lowest BCUT2D eigenvalue weighted by molar-refractivity contribution is 0.0140. The first-order chi connectivity index (χ1) is 6.29. The largest absolute Gasteiger partial charge is 0.381 e. The Morgan fingerprint density at radius 1 is 1.54 bits per heavy atom. The van der Waals surface area contributed by atoms with E-state index in [9.17, 15) is 0 Å². The molecule has 13 heavy (non-hydrogen) atoms. The number of hydrogen-bond donors (Lipinski definition) is 1. The number of ether oxygens (including phenoxy) is 1. The molecule has 3 unspecified atom stereocenters. The standard InChI is InChI=1S/C10H18N2O/c1-13-10-5-3-2-4-8(10)9(12)6-7-11/h8-10H,2-6,12H2,1H3. The number of methoxy groups -OCH3 is 1. The summed E-state index contributed by atoms with van der Waals surface area (Å²) >= 11 is 0. The molecule has 0 amide bonds. The topological polar surface area (TPSA) is 59.0 Å². The average Bonchev–Trinajstić information content (AvgIpc) is 2.18. The summed E-state index contributed by atoms with van der Waals surface area (Å²) in [7, 11) is 1.74. The van der Waals surface area contributed by atoms with Gasteiger partial charge in [0.1, 0.15) is 0 Å². The molecule has 0 aromatic carbocycles. The van der Waals surface area contributed by atoms with Crippen molar-refractivity contribution in [1.29, 1.82) is 5.26 Å². The zero-order valence-corrected chi connectivity index (χ0v) is 8.20. The molecule has 0 heterocycles. The van der Waals surface area contributed by atoms with Gasteiger partial charge in [0, 0.05) is 19.1 Å². The van der Waals surface area contributed by atoms with Crippen molar-refractivity contribution >= 4 is 0 Å². The second-order valence-electron chi connectivity index (χ2n) is 3.75. The number of rotatable bonds is 3. The average molecular weight is 182 g/mol. The summed E-state index contributed by atoms with van der Waals surface area (Å²) in [5.41, 5.74) is 5.92. The van der Waals surface area contributed by atoms with E-state index in [0.29, 0.717) is 12.3 Å². The maximum Gasteiger partial charge on any atom is 0.0638 e. The first kappa shape index (κ1) is 10.5. The monoisotopic (exact) mass is 182 g/mol. The highest BCUT2D eigenvalue weighted by Crippen LogP contribution is 2.29. The van der Waals surface area contributed by atoms with Crippen molar-refractivity contribution in [3.05, 3.63) is 0 Å². The van der Waals surface area contributed by atoms with E-state index in [1.54, 1.807) is 7.11 Å². The molecule has 3 heteroatoms. The van der Waals surface area contributed by atoms with Gasteiger partial charge in [-0.3, -0.25) is 0 Å². The molecule has 74 valence electrons. The first-order valence-corrected chi connectivity index (χ1v) is 4.95. The van der Waals surface area contributed by atoms with E-state index in [2.05, 4.69) is 6.07 Å². The molecule has 0 aromatic heterocycles. The lowest BCUT2D eigenvalue weighted by Crippen LogP contribution is -2.40. The van der Waals surface area contributed by atoms with Crippen LogP contribution in [0.15, 0.2) is 0 Å². The molecule has 0 radical (unpaired) electrons. The van der Waals surface area contributed by atoms with Crippen molar-refractivity contribution in [2.45, 2.75) is 44.2 Å². The van der Waals surface area contributed by atoms with Crippen LogP contribution in [-0.4, -0.2) is 19.3 Å². The highest BCUT2D eigenvalue weighted by Gasteiger charge is 2.29. The van der Waals surface area contributed by atoms with Gasteiger partial charge < -0.3 is 10.5 Å². The van der Waals surface area contributed by atoms with Crippen molar-refractivity contribution in [2.24, 2.45) is 11.7 Å². The minimum Gasteiger partial charge on any atom is -0.381 e. The smallest absolute Gasteiger partial charge is 0.0638 e. The Labute approximate surface area is 79.9 Å². The third-order valence-electron chi connectivity index (χ3n) is 2.93. The second-order valence-corrected chi connectivity index (χ2v) is 3.75. The van der Waals surface area contributed by atoms with Crippen LogP contribution in [0, 0.1) is 17.2 Å². The Hall–Kier alpha value is -0.590. The number of nitriles is 1. The summed E-state index contributed by atoms with van der Waals surface area (Å²) in [5, 5.41) is 8.56. The summed E-state index contributed by atoms with van der Waals surface area (Å²) in [6.07, 6.45) is 5.39. The molecule has 2 N–H and O–H groups in total.